The third-order valence-corrected chi connectivity index (χ3v) is 7.39. The average molecular weight is 483 g/mol. The minimum atomic E-state index is -3.81. The molecule has 0 bridgehead atoms. The third kappa shape index (κ3) is 5.92. The van der Waals surface area contributed by atoms with E-state index in [2.05, 4.69) is 4.98 Å². The van der Waals surface area contributed by atoms with E-state index < -0.39 is 49.7 Å². The molecule has 0 saturated carbocycles. The summed E-state index contributed by atoms with van der Waals surface area (Å²) in [7, 11) is -0.901. The highest BCUT2D eigenvalue weighted by molar-refractivity contribution is 8.13. The number of thioether (sulfide) groups is 1. The molecule has 1 aromatic rings. The lowest BCUT2D eigenvalue weighted by Gasteiger charge is -2.26. The lowest BCUT2D eigenvalue weighted by molar-refractivity contribution is -0.109. The number of aliphatic hydroxyl groups excluding tert-OH is 1. The zero-order valence-corrected chi connectivity index (χ0v) is 19.6. The van der Waals surface area contributed by atoms with E-state index in [9.17, 15) is 24.1 Å². The van der Waals surface area contributed by atoms with Crippen LogP contribution in [0.4, 0.5) is 4.39 Å². The van der Waals surface area contributed by atoms with Crippen molar-refractivity contribution in [1.29, 1.82) is 0 Å². The van der Waals surface area contributed by atoms with Gasteiger partial charge in [-0.15, -0.1) is 0 Å². The number of H-pyrrole nitrogens is 1. The second-order valence-electron chi connectivity index (χ2n) is 7.39. The van der Waals surface area contributed by atoms with Crippen LogP contribution < -0.4 is 11.2 Å². The summed E-state index contributed by atoms with van der Waals surface area (Å²) in [4.78, 5) is 36.7. The second kappa shape index (κ2) is 10.1. The molecule has 176 valence electrons. The number of hydrogen-bond donors (Lipinski definition) is 2. The SMILES string of the molecule is CC(=O)SCCOP(=O)(OC[C@H]1O[C@@H](n2cc(C)c(=O)[nH]c2=O)C(C)(F)[C@H]1O)N(C)C. The standard InChI is InChI=1S/C17H27FN3O8PS/c1-10-8-21(16(25)19-14(10)24)15-17(3,18)13(23)12(29-15)9-28-30(26,20(4)5)27-6-7-31-11(2)22/h8,12-13,15,23H,6-7,9H2,1-5H3,(H,19,24,25)/t12-,13+,15-,17?,30?/m1/s1. The third-order valence-electron chi connectivity index (χ3n) is 4.65. The van der Waals surface area contributed by atoms with Crippen molar-refractivity contribution in [3.05, 3.63) is 32.6 Å². The van der Waals surface area contributed by atoms with Gasteiger partial charge in [-0.1, -0.05) is 11.8 Å². The van der Waals surface area contributed by atoms with Crippen LogP contribution in [-0.4, -0.2) is 75.4 Å². The molecule has 2 N–H and O–H groups in total. The summed E-state index contributed by atoms with van der Waals surface area (Å²) in [5.74, 6) is 0.262. The minimum Gasteiger partial charge on any atom is -0.387 e. The van der Waals surface area contributed by atoms with Gasteiger partial charge in [0.15, 0.2) is 17.0 Å². The van der Waals surface area contributed by atoms with Crippen molar-refractivity contribution in [3.8, 4) is 0 Å². The van der Waals surface area contributed by atoms with E-state index in [0.29, 0.717) is 0 Å². The molecule has 0 amide bonds. The van der Waals surface area contributed by atoms with Crippen LogP contribution in [0.15, 0.2) is 15.8 Å². The highest BCUT2D eigenvalue weighted by Gasteiger charge is 2.55. The van der Waals surface area contributed by atoms with Crippen molar-refractivity contribution >= 4 is 24.6 Å². The van der Waals surface area contributed by atoms with Crippen molar-refractivity contribution in [1.82, 2.24) is 14.2 Å². The van der Waals surface area contributed by atoms with E-state index in [1.807, 2.05) is 0 Å². The van der Waals surface area contributed by atoms with Crippen LogP contribution in [0.5, 0.6) is 0 Å². The topological polar surface area (TPSA) is 140 Å². The Bertz CT molecular complexity index is 965. The highest BCUT2D eigenvalue weighted by atomic mass is 32.2. The number of nitrogens with zero attached hydrogens (tertiary/aromatic N) is 2. The predicted molar refractivity (Wildman–Crippen MR) is 112 cm³/mol. The summed E-state index contributed by atoms with van der Waals surface area (Å²) < 4.78 is 46.5. The van der Waals surface area contributed by atoms with Crippen LogP contribution in [0.3, 0.4) is 0 Å². The summed E-state index contributed by atoms with van der Waals surface area (Å²) in [5, 5.41) is 10.3. The lowest BCUT2D eigenvalue weighted by atomic mass is 9.98. The molecule has 31 heavy (non-hydrogen) atoms. The summed E-state index contributed by atoms with van der Waals surface area (Å²) in [6.07, 6.45) is -3.41. The van der Waals surface area contributed by atoms with Gasteiger partial charge in [0.1, 0.15) is 12.2 Å². The summed E-state index contributed by atoms with van der Waals surface area (Å²) in [5.41, 5.74) is -3.78. The van der Waals surface area contributed by atoms with Crippen molar-refractivity contribution < 1.29 is 32.6 Å². The molecule has 2 unspecified atom stereocenters. The molecule has 2 heterocycles. The van der Waals surface area contributed by atoms with Crippen LogP contribution in [0.1, 0.15) is 25.6 Å². The van der Waals surface area contributed by atoms with Crippen molar-refractivity contribution in [2.75, 3.05) is 33.1 Å². The number of carbonyl (C=O) groups is 1. The number of aliphatic hydroxyl groups is 1. The molecule has 1 aliphatic rings. The minimum absolute atomic E-state index is 0.0384. The van der Waals surface area contributed by atoms with E-state index in [0.717, 1.165) is 29.4 Å². The fourth-order valence-electron chi connectivity index (χ4n) is 2.88. The molecule has 1 fully saturated rings. The maximum atomic E-state index is 15.3. The molecule has 1 aliphatic heterocycles. The monoisotopic (exact) mass is 483 g/mol. The maximum absolute atomic E-state index is 15.3. The first-order valence-electron chi connectivity index (χ1n) is 9.34. The Morgan fingerprint density at radius 1 is 1.45 bits per heavy atom. The molecule has 0 spiro atoms. The predicted octanol–water partition coefficient (Wildman–Crippen LogP) is 0.814. The lowest BCUT2D eigenvalue weighted by Crippen LogP contribution is -2.44. The zero-order valence-electron chi connectivity index (χ0n) is 17.9. The fraction of sp³-hybridized carbons (Fsp3) is 0.706. The first-order valence-corrected chi connectivity index (χ1v) is 11.8. The Kier molecular flexibility index (Phi) is 8.42. The van der Waals surface area contributed by atoms with Gasteiger partial charge in [0, 0.05) is 24.4 Å². The van der Waals surface area contributed by atoms with Gasteiger partial charge in [0.2, 0.25) is 0 Å². The van der Waals surface area contributed by atoms with Crippen LogP contribution in [0, 0.1) is 6.92 Å². The van der Waals surface area contributed by atoms with E-state index in [1.54, 1.807) is 0 Å². The van der Waals surface area contributed by atoms with Crippen LogP contribution >= 0.6 is 19.5 Å². The number of nitrogens with one attached hydrogen (secondary N) is 1. The second-order valence-corrected chi connectivity index (χ2v) is 10.9. The van der Waals surface area contributed by atoms with Gasteiger partial charge in [-0.3, -0.25) is 28.2 Å². The van der Waals surface area contributed by atoms with Gasteiger partial charge in [-0.2, -0.15) is 0 Å². The number of carbonyl (C=O) groups excluding carboxylic acids is 1. The number of aryl methyl sites for hydroxylation is 1. The average Bonchev–Trinajstić information content (AvgIpc) is 2.89. The molecular formula is C17H27FN3O8PS. The fourth-order valence-corrected chi connectivity index (χ4v) is 4.66. The van der Waals surface area contributed by atoms with Crippen molar-refractivity contribution in [2.45, 2.75) is 44.9 Å². The summed E-state index contributed by atoms with van der Waals surface area (Å²) >= 11 is 0.998. The number of aromatic nitrogens is 2. The highest BCUT2D eigenvalue weighted by Crippen LogP contribution is 2.51. The summed E-state index contributed by atoms with van der Waals surface area (Å²) in [6.45, 7) is 3.35. The van der Waals surface area contributed by atoms with Gasteiger partial charge in [-0.05, 0) is 27.9 Å². The Balaban J connectivity index is 2.14. The van der Waals surface area contributed by atoms with E-state index in [1.165, 1.54) is 32.6 Å². The Labute approximate surface area is 182 Å². The Morgan fingerprint density at radius 2 is 2.10 bits per heavy atom. The van der Waals surface area contributed by atoms with E-state index >= 15 is 4.39 Å². The number of alkyl halides is 1. The van der Waals surface area contributed by atoms with Gasteiger partial charge in [0.05, 0.1) is 13.2 Å². The normalized spacial score (nSPS) is 28.1. The first kappa shape index (κ1) is 25.9. The van der Waals surface area contributed by atoms with Crippen LogP contribution in [0.25, 0.3) is 0 Å². The largest absolute Gasteiger partial charge is 0.407 e. The van der Waals surface area contributed by atoms with E-state index in [-0.39, 0.29) is 23.0 Å². The molecule has 14 heteroatoms. The van der Waals surface area contributed by atoms with Crippen molar-refractivity contribution in [3.63, 3.8) is 0 Å². The van der Waals surface area contributed by atoms with E-state index in [4.69, 9.17) is 13.8 Å². The molecule has 1 saturated heterocycles. The van der Waals surface area contributed by atoms with Gasteiger partial charge < -0.3 is 9.84 Å². The molecule has 11 nitrogen and oxygen atoms in total. The first-order chi connectivity index (χ1) is 14.3. The van der Waals surface area contributed by atoms with Crippen LogP contribution in [-0.2, 0) is 23.1 Å². The quantitative estimate of drug-likeness (QED) is 0.383. The molecule has 5 atom stereocenters. The van der Waals surface area contributed by atoms with Crippen molar-refractivity contribution in [2.24, 2.45) is 0 Å². The zero-order chi connectivity index (χ0) is 23.6. The number of aromatic amines is 1. The molecule has 2 rings (SSSR count). The molecule has 0 aromatic carbocycles. The number of rotatable bonds is 9. The smallest absolute Gasteiger partial charge is 0.387 e. The number of ether oxygens (including phenoxy) is 1. The summed E-state index contributed by atoms with van der Waals surface area (Å²) in [6, 6.07) is 0. The Morgan fingerprint density at radius 3 is 2.68 bits per heavy atom. The number of halogens is 1. The van der Waals surface area contributed by atoms with Crippen LogP contribution in [0.2, 0.25) is 0 Å². The van der Waals surface area contributed by atoms with Gasteiger partial charge in [0.25, 0.3) is 5.56 Å². The molecule has 0 aliphatic carbocycles. The Hall–Kier alpha value is -1.34. The van der Waals surface area contributed by atoms with Gasteiger partial charge >= 0.3 is 13.4 Å². The molecule has 1 aromatic heterocycles. The molecule has 0 radical (unpaired) electrons. The molecular weight excluding hydrogens is 456 g/mol. The maximum Gasteiger partial charge on any atom is 0.407 e. The number of hydrogen-bond acceptors (Lipinski definition) is 9. The van der Waals surface area contributed by atoms with Gasteiger partial charge in [-0.25, -0.2) is 18.4 Å².